The molecule has 1 fully saturated rings. The average molecular weight is 181 g/mol. The van der Waals surface area contributed by atoms with Gasteiger partial charge >= 0.3 is 0 Å². The first-order chi connectivity index (χ1) is 6.22. The van der Waals surface area contributed by atoms with E-state index in [0.717, 1.165) is 25.2 Å². The van der Waals surface area contributed by atoms with Crippen molar-refractivity contribution in [3.8, 4) is 0 Å². The van der Waals surface area contributed by atoms with Crippen LogP contribution in [0.3, 0.4) is 0 Å². The number of allylic oxidation sites excluding steroid dienone is 1. The highest BCUT2D eigenvalue weighted by Crippen LogP contribution is 2.24. The van der Waals surface area contributed by atoms with Gasteiger partial charge in [-0.05, 0) is 37.7 Å². The summed E-state index contributed by atoms with van der Waals surface area (Å²) >= 11 is 0. The van der Waals surface area contributed by atoms with Gasteiger partial charge in [0.05, 0.1) is 0 Å². The Morgan fingerprint density at radius 2 is 2.31 bits per heavy atom. The van der Waals surface area contributed by atoms with Crippen molar-refractivity contribution < 1.29 is 4.79 Å². The maximum atomic E-state index is 11.3. The zero-order valence-corrected chi connectivity index (χ0v) is 8.55. The van der Waals surface area contributed by atoms with Gasteiger partial charge in [-0.15, -0.1) is 0 Å². The number of carbonyl (C=O) groups is 1. The second-order valence-corrected chi connectivity index (χ2v) is 3.93. The van der Waals surface area contributed by atoms with Gasteiger partial charge in [0, 0.05) is 6.04 Å². The molecule has 1 amide bonds. The molecule has 0 radical (unpaired) electrons. The molecule has 0 aromatic rings. The van der Waals surface area contributed by atoms with Crippen LogP contribution in [0.15, 0.2) is 12.2 Å². The van der Waals surface area contributed by atoms with Gasteiger partial charge in [-0.1, -0.05) is 19.9 Å². The van der Waals surface area contributed by atoms with E-state index in [4.69, 9.17) is 0 Å². The Kier molecular flexibility index (Phi) is 4.00. The summed E-state index contributed by atoms with van der Waals surface area (Å²) in [5.74, 6) is 0.849. The minimum absolute atomic E-state index is 0.0703. The molecule has 1 aliphatic carbocycles. The molecule has 0 aliphatic heterocycles. The van der Waals surface area contributed by atoms with Gasteiger partial charge in [0.25, 0.3) is 0 Å². The third-order valence-electron chi connectivity index (χ3n) is 2.55. The van der Waals surface area contributed by atoms with Gasteiger partial charge in [-0.25, -0.2) is 0 Å². The molecule has 13 heavy (non-hydrogen) atoms. The Balaban J connectivity index is 2.24. The van der Waals surface area contributed by atoms with Crippen molar-refractivity contribution in [2.75, 3.05) is 0 Å². The molecular formula is C11H19NO. The van der Waals surface area contributed by atoms with Crippen molar-refractivity contribution in [2.24, 2.45) is 5.92 Å². The van der Waals surface area contributed by atoms with Crippen LogP contribution in [0.1, 0.15) is 39.5 Å². The normalized spacial score (nSPS) is 28.2. The minimum Gasteiger partial charge on any atom is -0.350 e. The quantitative estimate of drug-likeness (QED) is 0.665. The zero-order chi connectivity index (χ0) is 9.68. The lowest BCUT2D eigenvalue weighted by atomic mass is 10.1. The molecular weight excluding hydrogens is 162 g/mol. The van der Waals surface area contributed by atoms with Gasteiger partial charge in [0.2, 0.25) is 5.91 Å². The van der Waals surface area contributed by atoms with Crippen LogP contribution in [-0.4, -0.2) is 11.9 Å². The summed E-state index contributed by atoms with van der Waals surface area (Å²) in [6, 6.07) is 0.420. The smallest absolute Gasteiger partial charge is 0.243 e. The molecule has 2 atom stereocenters. The summed E-state index contributed by atoms with van der Waals surface area (Å²) in [7, 11) is 0. The molecule has 0 aromatic heterocycles. The molecule has 1 N–H and O–H groups in total. The number of carbonyl (C=O) groups excluding carboxylic acids is 1. The van der Waals surface area contributed by atoms with Crippen LogP contribution >= 0.6 is 0 Å². The molecule has 1 saturated carbocycles. The maximum absolute atomic E-state index is 11.3. The van der Waals surface area contributed by atoms with Crippen molar-refractivity contribution in [2.45, 2.75) is 45.6 Å². The second kappa shape index (κ2) is 5.05. The van der Waals surface area contributed by atoms with E-state index in [-0.39, 0.29) is 5.91 Å². The minimum atomic E-state index is 0.0703. The van der Waals surface area contributed by atoms with E-state index in [0.29, 0.717) is 6.04 Å². The van der Waals surface area contributed by atoms with Crippen molar-refractivity contribution in [3.05, 3.63) is 12.2 Å². The van der Waals surface area contributed by atoms with Crippen LogP contribution in [0.25, 0.3) is 0 Å². The topological polar surface area (TPSA) is 29.1 Å². The number of hydrogen-bond donors (Lipinski definition) is 1. The monoisotopic (exact) mass is 181 g/mol. The summed E-state index contributed by atoms with van der Waals surface area (Å²) in [4.78, 5) is 11.3. The third-order valence-corrected chi connectivity index (χ3v) is 2.55. The number of amides is 1. The van der Waals surface area contributed by atoms with Gasteiger partial charge in [-0.2, -0.15) is 0 Å². The zero-order valence-electron chi connectivity index (χ0n) is 8.55. The first kappa shape index (κ1) is 10.3. The lowest BCUT2D eigenvalue weighted by molar-refractivity contribution is -0.117. The maximum Gasteiger partial charge on any atom is 0.243 e. The Labute approximate surface area is 80.4 Å². The van der Waals surface area contributed by atoms with Crippen molar-refractivity contribution >= 4 is 5.91 Å². The van der Waals surface area contributed by atoms with Gasteiger partial charge < -0.3 is 5.32 Å². The number of hydrogen-bond acceptors (Lipinski definition) is 1. The molecule has 1 rings (SSSR count). The molecule has 0 heterocycles. The van der Waals surface area contributed by atoms with Crippen LogP contribution < -0.4 is 5.32 Å². The Morgan fingerprint density at radius 3 is 2.85 bits per heavy atom. The molecule has 0 bridgehead atoms. The summed E-state index contributed by atoms with van der Waals surface area (Å²) < 4.78 is 0. The first-order valence-corrected chi connectivity index (χ1v) is 5.19. The highest BCUT2D eigenvalue weighted by Gasteiger charge is 2.21. The standard InChI is InChI=1S/C11H19NO/c1-3-4-5-11(13)12-10-7-6-9(2)8-10/h4-5,9-10H,3,6-8H2,1-2H3,(H,12,13)/b5-4+. The molecule has 2 nitrogen and oxygen atoms in total. The van der Waals surface area contributed by atoms with Gasteiger partial charge in [-0.3, -0.25) is 4.79 Å². The Hall–Kier alpha value is -0.790. The molecule has 1 aliphatic rings. The van der Waals surface area contributed by atoms with E-state index in [9.17, 15) is 4.79 Å². The highest BCUT2D eigenvalue weighted by molar-refractivity contribution is 5.87. The summed E-state index contributed by atoms with van der Waals surface area (Å²) in [5, 5.41) is 3.02. The fourth-order valence-corrected chi connectivity index (χ4v) is 1.81. The van der Waals surface area contributed by atoms with Crippen molar-refractivity contribution in [1.82, 2.24) is 5.32 Å². The molecule has 0 spiro atoms. The first-order valence-electron chi connectivity index (χ1n) is 5.19. The number of rotatable bonds is 3. The van der Waals surface area contributed by atoms with Crippen LogP contribution in [0.4, 0.5) is 0 Å². The second-order valence-electron chi connectivity index (χ2n) is 3.93. The fraction of sp³-hybridized carbons (Fsp3) is 0.727. The summed E-state index contributed by atoms with van der Waals surface area (Å²) in [5.41, 5.74) is 0. The third kappa shape index (κ3) is 3.62. The van der Waals surface area contributed by atoms with Crippen LogP contribution in [0, 0.1) is 5.92 Å². The van der Waals surface area contributed by atoms with E-state index in [1.54, 1.807) is 6.08 Å². The average Bonchev–Trinajstić information content (AvgIpc) is 2.48. The molecule has 0 saturated heterocycles. The fourth-order valence-electron chi connectivity index (χ4n) is 1.81. The largest absolute Gasteiger partial charge is 0.350 e. The molecule has 0 aromatic carbocycles. The SMILES string of the molecule is CC/C=C/C(=O)NC1CCC(C)C1. The predicted octanol–water partition coefficient (Wildman–Crippen LogP) is 2.26. The molecule has 74 valence electrons. The molecule has 2 unspecified atom stereocenters. The van der Waals surface area contributed by atoms with Crippen molar-refractivity contribution in [3.63, 3.8) is 0 Å². The van der Waals surface area contributed by atoms with Gasteiger partial charge in [0.15, 0.2) is 0 Å². The Morgan fingerprint density at radius 1 is 1.54 bits per heavy atom. The lowest BCUT2D eigenvalue weighted by Gasteiger charge is -2.09. The van der Waals surface area contributed by atoms with Crippen LogP contribution in [-0.2, 0) is 4.79 Å². The summed E-state index contributed by atoms with van der Waals surface area (Å²) in [6.07, 6.45) is 8.01. The summed E-state index contributed by atoms with van der Waals surface area (Å²) in [6.45, 7) is 4.27. The van der Waals surface area contributed by atoms with E-state index in [1.165, 1.54) is 6.42 Å². The van der Waals surface area contributed by atoms with E-state index < -0.39 is 0 Å². The lowest BCUT2D eigenvalue weighted by Crippen LogP contribution is -2.31. The van der Waals surface area contributed by atoms with Crippen LogP contribution in [0.5, 0.6) is 0 Å². The van der Waals surface area contributed by atoms with Crippen LogP contribution in [0.2, 0.25) is 0 Å². The molecule has 2 heteroatoms. The Bertz CT molecular complexity index is 198. The van der Waals surface area contributed by atoms with Gasteiger partial charge in [0.1, 0.15) is 0 Å². The van der Waals surface area contributed by atoms with Crippen molar-refractivity contribution in [1.29, 1.82) is 0 Å². The van der Waals surface area contributed by atoms with E-state index >= 15 is 0 Å². The highest BCUT2D eigenvalue weighted by atomic mass is 16.1. The number of nitrogens with one attached hydrogen (secondary N) is 1. The predicted molar refractivity (Wildman–Crippen MR) is 54.4 cm³/mol. The van der Waals surface area contributed by atoms with E-state index in [2.05, 4.69) is 12.2 Å². The van der Waals surface area contributed by atoms with E-state index in [1.807, 2.05) is 13.0 Å².